The van der Waals surface area contributed by atoms with E-state index >= 15 is 0 Å². The predicted octanol–water partition coefficient (Wildman–Crippen LogP) is 4.75. The van der Waals surface area contributed by atoms with Gasteiger partial charge in [0.15, 0.2) is 0 Å². The van der Waals surface area contributed by atoms with E-state index in [0.717, 1.165) is 12.1 Å². The summed E-state index contributed by atoms with van der Waals surface area (Å²) in [5.41, 5.74) is -1.03. The molecular weight excluding hydrogens is 363 g/mol. The van der Waals surface area contributed by atoms with Crippen LogP contribution in [-0.4, -0.2) is 18.3 Å². The second kappa shape index (κ2) is 7.71. The normalized spacial score (nSPS) is 12.7. The van der Waals surface area contributed by atoms with E-state index in [1.165, 1.54) is 25.3 Å². The standard InChI is InChI=1S/C16H11ClF3NO4/c1-24-15(8-10-4-2-3-5-13(10)21(22)23)25-14-7-6-11(9-12(14)17)16(18,19)20/h2-7,9,15H,1H3. The molecule has 0 bridgehead atoms. The summed E-state index contributed by atoms with van der Waals surface area (Å²) >= 11 is 5.80. The molecule has 1 unspecified atom stereocenters. The number of hydrogen-bond donors (Lipinski definition) is 0. The van der Waals surface area contributed by atoms with E-state index in [2.05, 4.69) is 6.42 Å². The van der Waals surface area contributed by atoms with Crippen LogP contribution >= 0.6 is 11.6 Å². The lowest BCUT2D eigenvalue weighted by Crippen LogP contribution is -2.20. The number of methoxy groups -OCH3 is 1. The quantitative estimate of drug-likeness (QED) is 0.416. The van der Waals surface area contributed by atoms with Gasteiger partial charge in [-0.1, -0.05) is 29.8 Å². The van der Waals surface area contributed by atoms with Crippen molar-refractivity contribution in [2.24, 2.45) is 0 Å². The average Bonchev–Trinajstić information content (AvgIpc) is 2.55. The van der Waals surface area contributed by atoms with Gasteiger partial charge in [0.1, 0.15) is 5.75 Å². The number of nitro benzene ring substituents is 1. The molecule has 132 valence electrons. The Morgan fingerprint density at radius 3 is 2.48 bits per heavy atom. The number of nitro groups is 1. The van der Waals surface area contributed by atoms with Crippen LogP contribution in [0.2, 0.25) is 5.02 Å². The van der Waals surface area contributed by atoms with Crippen LogP contribution in [0.15, 0.2) is 42.5 Å². The molecule has 2 aromatic carbocycles. The topological polar surface area (TPSA) is 61.6 Å². The maximum absolute atomic E-state index is 12.6. The zero-order valence-electron chi connectivity index (χ0n) is 12.7. The third-order valence-electron chi connectivity index (χ3n) is 3.08. The van der Waals surface area contributed by atoms with Crippen molar-refractivity contribution in [1.29, 1.82) is 0 Å². The fourth-order valence-electron chi connectivity index (χ4n) is 1.91. The van der Waals surface area contributed by atoms with Crippen molar-refractivity contribution in [2.45, 2.75) is 12.5 Å². The van der Waals surface area contributed by atoms with Gasteiger partial charge in [0.05, 0.1) is 21.9 Å². The van der Waals surface area contributed by atoms with Crippen molar-refractivity contribution in [3.8, 4) is 5.75 Å². The number of benzene rings is 2. The summed E-state index contributed by atoms with van der Waals surface area (Å²) < 4.78 is 48.3. The molecule has 1 atom stereocenters. The maximum atomic E-state index is 12.6. The summed E-state index contributed by atoms with van der Waals surface area (Å²) in [5, 5.41) is 10.7. The number of hydrogen-bond acceptors (Lipinski definition) is 4. The highest BCUT2D eigenvalue weighted by Crippen LogP contribution is 2.35. The van der Waals surface area contributed by atoms with Crippen LogP contribution in [0.5, 0.6) is 5.75 Å². The van der Waals surface area contributed by atoms with Crippen LogP contribution < -0.4 is 4.74 Å². The molecule has 2 rings (SSSR count). The monoisotopic (exact) mass is 373 g/mol. The van der Waals surface area contributed by atoms with E-state index in [-0.39, 0.29) is 22.0 Å². The Balaban J connectivity index is 2.19. The summed E-state index contributed by atoms with van der Waals surface area (Å²) in [6, 6.07) is 8.32. The number of para-hydroxylation sites is 1. The van der Waals surface area contributed by atoms with Gasteiger partial charge in [-0.05, 0) is 18.2 Å². The van der Waals surface area contributed by atoms with E-state index in [1.54, 1.807) is 6.07 Å². The summed E-state index contributed by atoms with van der Waals surface area (Å²) in [6.45, 7) is 0. The van der Waals surface area contributed by atoms with Gasteiger partial charge in [-0.3, -0.25) is 10.1 Å². The summed E-state index contributed by atoms with van der Waals surface area (Å²) in [4.78, 5) is 10.4. The number of ether oxygens (including phenoxy) is 2. The molecule has 0 aliphatic rings. The molecule has 5 nitrogen and oxygen atoms in total. The summed E-state index contributed by atoms with van der Waals surface area (Å²) in [7, 11) is 1.25. The fourth-order valence-corrected chi connectivity index (χ4v) is 2.13. The van der Waals surface area contributed by atoms with Gasteiger partial charge in [-0.2, -0.15) is 13.2 Å². The lowest BCUT2D eigenvalue weighted by molar-refractivity contribution is -0.385. The SMILES string of the molecule is COC([C]c1ccccc1[N+](=O)[O-])Oc1ccc(C(F)(F)F)cc1Cl. The first-order valence-corrected chi connectivity index (χ1v) is 7.16. The smallest absolute Gasteiger partial charge is 0.416 e. The van der Waals surface area contributed by atoms with E-state index in [9.17, 15) is 23.3 Å². The van der Waals surface area contributed by atoms with Crippen LogP contribution in [-0.2, 0) is 10.9 Å². The molecule has 0 aromatic heterocycles. The van der Waals surface area contributed by atoms with Crippen LogP contribution in [0.1, 0.15) is 11.1 Å². The van der Waals surface area contributed by atoms with Gasteiger partial charge < -0.3 is 9.47 Å². The van der Waals surface area contributed by atoms with Gasteiger partial charge in [-0.15, -0.1) is 0 Å². The lowest BCUT2D eigenvalue weighted by Gasteiger charge is -2.18. The molecule has 9 heteroatoms. The minimum absolute atomic E-state index is 0.0763. The zero-order chi connectivity index (χ0) is 18.6. The molecule has 0 aliphatic heterocycles. The molecule has 0 aliphatic carbocycles. The Hall–Kier alpha value is -2.32. The van der Waals surface area contributed by atoms with Gasteiger partial charge in [0.25, 0.3) is 5.69 Å². The van der Waals surface area contributed by atoms with Crippen LogP contribution in [0, 0.1) is 16.5 Å². The van der Waals surface area contributed by atoms with Gasteiger partial charge >= 0.3 is 6.18 Å². The molecule has 0 heterocycles. The van der Waals surface area contributed by atoms with Crippen molar-refractivity contribution in [2.75, 3.05) is 7.11 Å². The summed E-state index contributed by atoms with van der Waals surface area (Å²) in [5.74, 6) is -0.0763. The molecule has 0 saturated carbocycles. The van der Waals surface area contributed by atoms with Gasteiger partial charge in [-0.25, -0.2) is 0 Å². The Kier molecular flexibility index (Phi) is 5.86. The van der Waals surface area contributed by atoms with E-state index in [4.69, 9.17) is 21.1 Å². The molecular formula is C16H11ClF3NO4. The fraction of sp³-hybridized carbons (Fsp3) is 0.188. The second-order valence-electron chi connectivity index (χ2n) is 4.75. The number of rotatable bonds is 6. The first-order valence-electron chi connectivity index (χ1n) is 6.78. The largest absolute Gasteiger partial charge is 0.462 e. The highest BCUT2D eigenvalue weighted by Gasteiger charge is 2.31. The minimum atomic E-state index is -4.54. The molecule has 2 radical (unpaired) electrons. The van der Waals surface area contributed by atoms with Crippen LogP contribution in [0.4, 0.5) is 18.9 Å². The highest BCUT2D eigenvalue weighted by atomic mass is 35.5. The molecule has 0 fully saturated rings. The maximum Gasteiger partial charge on any atom is 0.416 e. The van der Waals surface area contributed by atoms with E-state index in [0.29, 0.717) is 6.07 Å². The van der Waals surface area contributed by atoms with E-state index < -0.39 is 23.0 Å². The predicted molar refractivity (Wildman–Crippen MR) is 83.3 cm³/mol. The molecule has 25 heavy (non-hydrogen) atoms. The molecule has 2 aromatic rings. The Labute approximate surface area is 146 Å². The number of nitrogens with zero attached hydrogens (tertiary/aromatic N) is 1. The third kappa shape index (κ3) is 4.83. The van der Waals surface area contributed by atoms with Crippen molar-refractivity contribution >= 4 is 17.3 Å². The molecule has 0 saturated heterocycles. The average molecular weight is 374 g/mol. The molecule has 0 amide bonds. The first kappa shape index (κ1) is 19.0. The van der Waals surface area contributed by atoms with Crippen molar-refractivity contribution in [3.63, 3.8) is 0 Å². The lowest BCUT2D eigenvalue weighted by atomic mass is 10.1. The minimum Gasteiger partial charge on any atom is -0.462 e. The van der Waals surface area contributed by atoms with Crippen molar-refractivity contribution in [1.82, 2.24) is 0 Å². The first-order chi connectivity index (χ1) is 11.7. The Morgan fingerprint density at radius 2 is 1.92 bits per heavy atom. The van der Waals surface area contributed by atoms with E-state index in [1.807, 2.05) is 0 Å². The highest BCUT2D eigenvalue weighted by molar-refractivity contribution is 6.32. The van der Waals surface area contributed by atoms with Crippen LogP contribution in [0.3, 0.4) is 0 Å². The Bertz CT molecular complexity index is 767. The van der Waals surface area contributed by atoms with Crippen LogP contribution in [0.25, 0.3) is 0 Å². The number of alkyl halides is 3. The second-order valence-corrected chi connectivity index (χ2v) is 5.15. The van der Waals surface area contributed by atoms with Gasteiger partial charge in [0.2, 0.25) is 6.29 Å². The molecule has 0 spiro atoms. The van der Waals surface area contributed by atoms with Crippen molar-refractivity contribution < 1.29 is 27.6 Å². The number of halogens is 4. The van der Waals surface area contributed by atoms with Crippen molar-refractivity contribution in [3.05, 3.63) is 75.1 Å². The molecule has 0 N–H and O–H groups in total. The Morgan fingerprint density at radius 1 is 1.24 bits per heavy atom. The third-order valence-corrected chi connectivity index (χ3v) is 3.38. The summed E-state index contributed by atoms with van der Waals surface area (Å²) in [6.07, 6.45) is -3.12. The van der Waals surface area contributed by atoms with Gasteiger partial charge in [0, 0.05) is 18.7 Å². The zero-order valence-corrected chi connectivity index (χ0v) is 13.5.